The third kappa shape index (κ3) is 4.49. The summed E-state index contributed by atoms with van der Waals surface area (Å²) in [6.45, 7) is 3.58. The Balaban J connectivity index is 2.71. The molecule has 0 aliphatic carbocycles. The molecule has 4 N–H and O–H groups in total. The first-order chi connectivity index (χ1) is 9.57. The lowest BCUT2D eigenvalue weighted by atomic mass is 10.0. The minimum Gasteiger partial charge on any atom is -0.392 e. The molecule has 1 heterocycles. The Morgan fingerprint density at radius 3 is 2.70 bits per heavy atom. The summed E-state index contributed by atoms with van der Waals surface area (Å²) >= 11 is 0. The largest absolute Gasteiger partial charge is 0.392 e. The van der Waals surface area contributed by atoms with Crippen molar-refractivity contribution in [1.82, 2.24) is 5.48 Å². The van der Waals surface area contributed by atoms with E-state index in [9.17, 15) is 15.3 Å². The molecule has 0 radical (unpaired) electrons. The smallest absolute Gasteiger partial charge is 0.188 e. The average Bonchev–Trinajstić information content (AvgIpc) is 2.44. The van der Waals surface area contributed by atoms with Crippen LogP contribution in [-0.4, -0.2) is 59.9 Å². The Hall–Kier alpha value is -0.540. The van der Waals surface area contributed by atoms with Crippen LogP contribution in [0.4, 0.5) is 0 Å². The fraction of sp³-hybridized carbons (Fsp3) is 0.846. The van der Waals surface area contributed by atoms with Crippen LogP contribution < -0.4 is 5.48 Å². The number of hydroxylamine groups is 1. The lowest BCUT2D eigenvalue weighted by Gasteiger charge is -2.38. The second-order valence-electron chi connectivity index (χ2n) is 4.66. The lowest BCUT2D eigenvalue weighted by Crippen LogP contribution is -2.54. The van der Waals surface area contributed by atoms with E-state index in [-0.39, 0.29) is 19.1 Å². The van der Waals surface area contributed by atoms with Crippen LogP contribution in [0.15, 0.2) is 11.6 Å². The average molecular weight is 291 g/mol. The topological polar surface area (TPSA) is 100 Å². The first kappa shape index (κ1) is 17.5. The molecular weight excluding hydrogens is 266 g/mol. The second-order valence-corrected chi connectivity index (χ2v) is 4.66. The van der Waals surface area contributed by atoms with Crippen molar-refractivity contribution >= 4 is 0 Å². The summed E-state index contributed by atoms with van der Waals surface area (Å²) in [5, 5.41) is 29.0. The Morgan fingerprint density at radius 1 is 1.50 bits per heavy atom. The highest BCUT2D eigenvalue weighted by atomic mass is 16.7. The van der Waals surface area contributed by atoms with Gasteiger partial charge < -0.3 is 29.6 Å². The van der Waals surface area contributed by atoms with Crippen molar-refractivity contribution in [1.29, 1.82) is 0 Å². The van der Waals surface area contributed by atoms with Crippen LogP contribution >= 0.6 is 0 Å². The summed E-state index contributed by atoms with van der Waals surface area (Å²) in [6.07, 6.45) is -1.46. The van der Waals surface area contributed by atoms with Gasteiger partial charge in [0.25, 0.3) is 0 Å². The fourth-order valence-electron chi connectivity index (χ4n) is 2.14. The van der Waals surface area contributed by atoms with Gasteiger partial charge in [-0.25, -0.2) is 0 Å². The van der Waals surface area contributed by atoms with Crippen LogP contribution in [0.5, 0.6) is 0 Å². The van der Waals surface area contributed by atoms with Gasteiger partial charge in [0.1, 0.15) is 12.3 Å². The van der Waals surface area contributed by atoms with Crippen LogP contribution in [0.25, 0.3) is 0 Å². The zero-order valence-corrected chi connectivity index (χ0v) is 12.2. The van der Waals surface area contributed by atoms with Crippen molar-refractivity contribution in [2.24, 2.45) is 0 Å². The van der Waals surface area contributed by atoms with Gasteiger partial charge in [-0.2, -0.15) is 5.48 Å². The SMILES string of the molecule is C/C=C(/CO)C(CC)O[C@@H]1O[C@H](NOC)C[C@H](O)C1O. The van der Waals surface area contributed by atoms with E-state index in [2.05, 4.69) is 5.48 Å². The van der Waals surface area contributed by atoms with E-state index in [1.54, 1.807) is 13.0 Å². The summed E-state index contributed by atoms with van der Waals surface area (Å²) in [6, 6.07) is 0. The molecule has 1 aliphatic heterocycles. The maximum absolute atomic E-state index is 9.94. The molecule has 5 atom stereocenters. The maximum atomic E-state index is 9.94. The van der Waals surface area contributed by atoms with Crippen molar-refractivity contribution < 1.29 is 29.6 Å². The van der Waals surface area contributed by atoms with Crippen molar-refractivity contribution in [2.45, 2.75) is 57.5 Å². The number of nitrogens with one attached hydrogen (secondary N) is 1. The Bertz CT molecular complexity index is 311. The molecule has 20 heavy (non-hydrogen) atoms. The fourth-order valence-corrected chi connectivity index (χ4v) is 2.14. The Kier molecular flexibility index (Phi) is 7.60. The van der Waals surface area contributed by atoms with Gasteiger partial charge in [0.15, 0.2) is 6.29 Å². The zero-order valence-electron chi connectivity index (χ0n) is 12.2. The number of aliphatic hydroxyl groups is 3. The van der Waals surface area contributed by atoms with Crippen LogP contribution in [-0.2, 0) is 14.3 Å². The Morgan fingerprint density at radius 2 is 2.20 bits per heavy atom. The molecule has 0 aromatic rings. The van der Waals surface area contributed by atoms with Crippen LogP contribution in [0.2, 0.25) is 0 Å². The minimum atomic E-state index is -1.14. The quantitative estimate of drug-likeness (QED) is 0.376. The van der Waals surface area contributed by atoms with E-state index < -0.39 is 24.7 Å². The molecule has 7 heteroatoms. The molecule has 7 nitrogen and oxygen atoms in total. The van der Waals surface area contributed by atoms with Crippen LogP contribution in [0.1, 0.15) is 26.7 Å². The maximum Gasteiger partial charge on any atom is 0.188 e. The third-order valence-electron chi connectivity index (χ3n) is 3.31. The normalized spacial score (nSPS) is 33.2. The Labute approximate surface area is 119 Å². The predicted octanol–water partition coefficient (Wildman–Crippen LogP) is -0.334. The molecule has 1 aliphatic rings. The predicted molar refractivity (Wildman–Crippen MR) is 71.4 cm³/mol. The third-order valence-corrected chi connectivity index (χ3v) is 3.31. The van der Waals surface area contributed by atoms with Gasteiger partial charge in [-0.05, 0) is 18.9 Å². The zero-order chi connectivity index (χ0) is 15.1. The van der Waals surface area contributed by atoms with Crippen molar-refractivity contribution in [2.75, 3.05) is 13.7 Å². The number of hydrogen-bond acceptors (Lipinski definition) is 7. The highest BCUT2D eigenvalue weighted by molar-refractivity contribution is 5.07. The van der Waals surface area contributed by atoms with E-state index in [0.29, 0.717) is 12.0 Å². The van der Waals surface area contributed by atoms with Crippen molar-refractivity contribution in [3.05, 3.63) is 11.6 Å². The second kappa shape index (κ2) is 8.68. The van der Waals surface area contributed by atoms with Crippen molar-refractivity contribution in [3.63, 3.8) is 0 Å². The van der Waals surface area contributed by atoms with Gasteiger partial charge in [-0.3, -0.25) is 0 Å². The lowest BCUT2D eigenvalue weighted by molar-refractivity contribution is -0.295. The summed E-state index contributed by atoms with van der Waals surface area (Å²) in [4.78, 5) is 4.76. The molecular formula is C13H25NO6. The van der Waals surface area contributed by atoms with Gasteiger partial charge in [0.2, 0.25) is 0 Å². The van der Waals surface area contributed by atoms with E-state index in [0.717, 1.165) is 0 Å². The number of ether oxygens (including phenoxy) is 2. The molecule has 0 saturated carbocycles. The number of rotatable bonds is 7. The van der Waals surface area contributed by atoms with Gasteiger partial charge in [0, 0.05) is 6.42 Å². The van der Waals surface area contributed by atoms with E-state index in [1.807, 2.05) is 6.92 Å². The molecule has 1 rings (SSSR count). The molecule has 0 aromatic heterocycles. The van der Waals surface area contributed by atoms with Crippen LogP contribution in [0, 0.1) is 0 Å². The molecule has 0 bridgehead atoms. The molecule has 0 spiro atoms. The van der Waals surface area contributed by atoms with Crippen LogP contribution in [0.3, 0.4) is 0 Å². The highest BCUT2D eigenvalue weighted by Crippen LogP contribution is 2.23. The van der Waals surface area contributed by atoms with E-state index in [1.165, 1.54) is 7.11 Å². The van der Waals surface area contributed by atoms with Crippen molar-refractivity contribution in [3.8, 4) is 0 Å². The first-order valence-corrected chi connectivity index (χ1v) is 6.78. The molecule has 0 aromatic carbocycles. The summed E-state index contributed by atoms with van der Waals surface area (Å²) in [7, 11) is 1.44. The summed E-state index contributed by atoms with van der Waals surface area (Å²) in [5.74, 6) is 0. The van der Waals surface area contributed by atoms with Gasteiger partial charge in [0.05, 0.1) is 25.9 Å². The van der Waals surface area contributed by atoms with Gasteiger partial charge >= 0.3 is 0 Å². The monoisotopic (exact) mass is 291 g/mol. The number of allylic oxidation sites excluding steroid dienone is 1. The summed E-state index contributed by atoms with van der Waals surface area (Å²) < 4.78 is 11.2. The molecule has 0 amide bonds. The van der Waals surface area contributed by atoms with Gasteiger partial charge in [-0.15, -0.1) is 0 Å². The standard InChI is InChI=1S/C13H25NO6/c1-4-8(7-15)10(5-2)19-13-12(17)9(16)6-11(20-13)14-18-3/h4,9-17H,5-7H2,1-3H3/b8-4-/t9-,10?,11-,12?,13+/m0/s1. The van der Waals surface area contributed by atoms with E-state index in [4.69, 9.17) is 14.3 Å². The molecule has 1 saturated heterocycles. The minimum absolute atomic E-state index is 0.125. The number of aliphatic hydroxyl groups excluding tert-OH is 3. The molecule has 1 fully saturated rings. The summed E-state index contributed by atoms with van der Waals surface area (Å²) in [5.41, 5.74) is 3.28. The van der Waals surface area contributed by atoms with E-state index >= 15 is 0 Å². The molecule has 2 unspecified atom stereocenters. The first-order valence-electron chi connectivity index (χ1n) is 6.78. The highest BCUT2D eigenvalue weighted by Gasteiger charge is 2.39. The van der Waals surface area contributed by atoms with Gasteiger partial charge in [-0.1, -0.05) is 13.0 Å². The number of hydrogen-bond donors (Lipinski definition) is 4. The molecule has 118 valence electrons.